The lowest BCUT2D eigenvalue weighted by molar-refractivity contribution is 0.0237. The van der Waals surface area contributed by atoms with E-state index in [9.17, 15) is 13.2 Å². The molecule has 6 heteroatoms. The van der Waals surface area contributed by atoms with Crippen LogP contribution in [0.15, 0.2) is 17.0 Å². The molecule has 0 aliphatic carbocycles. The maximum absolute atomic E-state index is 12.1. The lowest BCUT2D eigenvalue weighted by Crippen LogP contribution is -2.22. The van der Waals surface area contributed by atoms with E-state index in [-0.39, 0.29) is 22.5 Å². The van der Waals surface area contributed by atoms with Crippen LogP contribution in [0.5, 0.6) is 0 Å². The Hall–Kier alpha value is -1.40. The molecule has 0 spiro atoms. The smallest absolute Gasteiger partial charge is 0.338 e. The molecule has 0 saturated heterocycles. The molecule has 1 rings (SSSR count). The monoisotopic (exact) mass is 299 g/mol. The molecule has 0 amide bonds. The van der Waals surface area contributed by atoms with E-state index < -0.39 is 16.0 Å². The number of esters is 1. The van der Waals surface area contributed by atoms with Crippen molar-refractivity contribution in [2.24, 2.45) is 11.1 Å². The number of carbonyl (C=O) groups excluding carboxylic acids is 1. The third kappa shape index (κ3) is 3.80. The van der Waals surface area contributed by atoms with Crippen LogP contribution < -0.4 is 5.14 Å². The first-order valence-corrected chi connectivity index (χ1v) is 7.93. The zero-order valence-electron chi connectivity index (χ0n) is 12.4. The van der Waals surface area contributed by atoms with E-state index in [0.29, 0.717) is 11.1 Å². The molecule has 2 N–H and O–H groups in total. The Morgan fingerprint density at radius 1 is 1.15 bits per heavy atom. The first kappa shape index (κ1) is 16.7. The van der Waals surface area contributed by atoms with Gasteiger partial charge in [0, 0.05) is 0 Å². The van der Waals surface area contributed by atoms with Gasteiger partial charge in [0.1, 0.15) is 6.10 Å². The zero-order chi connectivity index (χ0) is 15.7. The molecule has 5 nitrogen and oxygen atoms in total. The van der Waals surface area contributed by atoms with Gasteiger partial charge in [-0.1, -0.05) is 19.9 Å². The largest absolute Gasteiger partial charge is 0.459 e. The van der Waals surface area contributed by atoms with Crippen LogP contribution in [0.1, 0.15) is 42.3 Å². The predicted molar refractivity (Wildman–Crippen MR) is 77.0 cm³/mol. The molecule has 1 aromatic rings. The first-order chi connectivity index (χ1) is 9.04. The highest BCUT2D eigenvalue weighted by molar-refractivity contribution is 7.89. The van der Waals surface area contributed by atoms with E-state index in [2.05, 4.69) is 0 Å². The van der Waals surface area contributed by atoms with Crippen LogP contribution in [0.4, 0.5) is 0 Å². The molecule has 20 heavy (non-hydrogen) atoms. The van der Waals surface area contributed by atoms with Crippen molar-refractivity contribution >= 4 is 16.0 Å². The topological polar surface area (TPSA) is 86.5 Å². The first-order valence-electron chi connectivity index (χ1n) is 6.39. The van der Waals surface area contributed by atoms with E-state index in [0.717, 1.165) is 0 Å². The minimum Gasteiger partial charge on any atom is -0.459 e. The standard InChI is InChI=1S/C14H21NO4S/c1-8(2)11(5)19-14(16)12-7-13(20(15,17)18)10(4)6-9(12)3/h6-8,11H,1-5H3,(H2,15,17,18). The molecule has 1 unspecified atom stereocenters. The van der Waals surface area contributed by atoms with Gasteiger partial charge in [-0.05, 0) is 43.9 Å². The van der Waals surface area contributed by atoms with Crippen LogP contribution in [0, 0.1) is 19.8 Å². The highest BCUT2D eigenvalue weighted by Crippen LogP contribution is 2.21. The van der Waals surface area contributed by atoms with Crippen LogP contribution in [-0.4, -0.2) is 20.5 Å². The molecule has 1 atom stereocenters. The van der Waals surface area contributed by atoms with E-state index in [1.54, 1.807) is 26.8 Å². The quantitative estimate of drug-likeness (QED) is 0.863. The molecule has 112 valence electrons. The Balaban J connectivity index is 3.22. The van der Waals surface area contributed by atoms with Gasteiger partial charge in [-0.3, -0.25) is 0 Å². The van der Waals surface area contributed by atoms with Crippen molar-refractivity contribution in [2.45, 2.75) is 45.6 Å². The summed E-state index contributed by atoms with van der Waals surface area (Å²) in [7, 11) is -3.86. The summed E-state index contributed by atoms with van der Waals surface area (Å²) in [5.74, 6) is -0.351. The van der Waals surface area contributed by atoms with Gasteiger partial charge in [0.05, 0.1) is 10.5 Å². The van der Waals surface area contributed by atoms with Gasteiger partial charge in [-0.25, -0.2) is 18.4 Å². The summed E-state index contributed by atoms with van der Waals surface area (Å²) < 4.78 is 28.3. The average Bonchev–Trinajstić information content (AvgIpc) is 2.26. The summed E-state index contributed by atoms with van der Waals surface area (Å²) in [5.41, 5.74) is 1.40. The molecule has 0 aliphatic heterocycles. The van der Waals surface area contributed by atoms with Gasteiger partial charge in [-0.2, -0.15) is 0 Å². The molecule has 0 heterocycles. The highest BCUT2D eigenvalue weighted by Gasteiger charge is 2.21. The van der Waals surface area contributed by atoms with E-state index >= 15 is 0 Å². The second kappa shape index (κ2) is 5.93. The summed E-state index contributed by atoms with van der Waals surface area (Å²) in [4.78, 5) is 12.1. The molecular weight excluding hydrogens is 278 g/mol. The number of hydrogen-bond acceptors (Lipinski definition) is 4. The van der Waals surface area contributed by atoms with E-state index in [1.165, 1.54) is 6.07 Å². The fraction of sp³-hybridized carbons (Fsp3) is 0.500. The lowest BCUT2D eigenvalue weighted by Gasteiger charge is -2.18. The van der Waals surface area contributed by atoms with Gasteiger partial charge >= 0.3 is 5.97 Å². The van der Waals surface area contributed by atoms with Crippen LogP contribution in [0.2, 0.25) is 0 Å². The average molecular weight is 299 g/mol. The van der Waals surface area contributed by atoms with E-state index in [4.69, 9.17) is 9.88 Å². The number of ether oxygens (including phenoxy) is 1. The molecule has 0 bridgehead atoms. The molecule has 0 aliphatic rings. The van der Waals surface area contributed by atoms with Gasteiger partial charge < -0.3 is 4.74 Å². The minimum absolute atomic E-state index is 0.0488. The summed E-state index contributed by atoms with van der Waals surface area (Å²) in [6.45, 7) is 9.05. The third-order valence-corrected chi connectivity index (χ3v) is 4.33. The fourth-order valence-corrected chi connectivity index (χ4v) is 2.52. The SMILES string of the molecule is Cc1cc(C)c(S(N)(=O)=O)cc1C(=O)OC(C)C(C)C. The van der Waals surface area contributed by atoms with Gasteiger partial charge in [0.15, 0.2) is 0 Å². The Morgan fingerprint density at radius 3 is 2.15 bits per heavy atom. The summed E-state index contributed by atoms with van der Waals surface area (Å²) in [6.07, 6.45) is -0.249. The Labute approximate surface area is 120 Å². The number of sulfonamides is 1. The van der Waals surface area contributed by atoms with Crippen molar-refractivity contribution < 1.29 is 17.9 Å². The Morgan fingerprint density at radius 2 is 1.70 bits per heavy atom. The molecule has 0 aromatic heterocycles. The van der Waals surface area contributed by atoms with Crippen molar-refractivity contribution in [3.8, 4) is 0 Å². The van der Waals surface area contributed by atoms with Gasteiger partial charge in [0.25, 0.3) is 0 Å². The van der Waals surface area contributed by atoms with Crippen molar-refractivity contribution in [1.29, 1.82) is 0 Å². The predicted octanol–water partition coefficient (Wildman–Crippen LogP) is 2.15. The lowest BCUT2D eigenvalue weighted by atomic mass is 10.1. The fourth-order valence-electron chi connectivity index (χ4n) is 1.73. The number of aryl methyl sites for hydroxylation is 2. The number of carbonyl (C=O) groups is 1. The van der Waals surface area contributed by atoms with Crippen LogP contribution in [-0.2, 0) is 14.8 Å². The Bertz CT molecular complexity index is 620. The number of rotatable bonds is 4. The van der Waals surface area contributed by atoms with E-state index in [1.807, 2.05) is 13.8 Å². The van der Waals surface area contributed by atoms with Gasteiger partial charge in [0.2, 0.25) is 10.0 Å². The summed E-state index contributed by atoms with van der Waals surface area (Å²) in [6, 6.07) is 2.91. The minimum atomic E-state index is -3.86. The maximum atomic E-state index is 12.1. The molecule has 0 saturated carbocycles. The van der Waals surface area contributed by atoms with Crippen molar-refractivity contribution in [3.63, 3.8) is 0 Å². The van der Waals surface area contributed by atoms with Crippen LogP contribution in [0.3, 0.4) is 0 Å². The maximum Gasteiger partial charge on any atom is 0.338 e. The summed E-state index contributed by atoms with van der Waals surface area (Å²) >= 11 is 0. The second-order valence-electron chi connectivity index (χ2n) is 5.33. The third-order valence-electron chi connectivity index (χ3n) is 3.28. The molecule has 1 aromatic carbocycles. The van der Waals surface area contributed by atoms with Crippen molar-refractivity contribution in [3.05, 3.63) is 28.8 Å². The number of hydrogen-bond donors (Lipinski definition) is 1. The van der Waals surface area contributed by atoms with Crippen molar-refractivity contribution in [1.82, 2.24) is 0 Å². The number of nitrogens with two attached hydrogens (primary N) is 1. The number of benzene rings is 1. The zero-order valence-corrected chi connectivity index (χ0v) is 13.2. The summed E-state index contributed by atoms with van der Waals surface area (Å²) in [5, 5.41) is 5.15. The highest BCUT2D eigenvalue weighted by atomic mass is 32.2. The Kier molecular flexibility index (Phi) is 4.94. The number of primary sulfonamides is 1. The molecule has 0 radical (unpaired) electrons. The van der Waals surface area contributed by atoms with Crippen LogP contribution >= 0.6 is 0 Å². The van der Waals surface area contributed by atoms with Crippen molar-refractivity contribution in [2.75, 3.05) is 0 Å². The van der Waals surface area contributed by atoms with Gasteiger partial charge in [-0.15, -0.1) is 0 Å². The molecule has 0 fully saturated rings. The van der Waals surface area contributed by atoms with Crippen LogP contribution in [0.25, 0.3) is 0 Å². The second-order valence-corrected chi connectivity index (χ2v) is 6.86. The normalized spacial score (nSPS) is 13.3. The molecular formula is C14H21NO4S.